The summed E-state index contributed by atoms with van der Waals surface area (Å²) in [5.41, 5.74) is 4.47. The molecule has 1 aliphatic heterocycles. The van der Waals surface area contributed by atoms with Crippen LogP contribution in [0.2, 0.25) is 0 Å². The highest BCUT2D eigenvalue weighted by Gasteiger charge is 2.16. The van der Waals surface area contributed by atoms with Gasteiger partial charge < -0.3 is 10.2 Å². The minimum absolute atomic E-state index is 0.104. The molecule has 1 aliphatic rings. The highest BCUT2D eigenvalue weighted by Crippen LogP contribution is 2.25. The quantitative estimate of drug-likeness (QED) is 0.825. The molecule has 0 bridgehead atoms. The Labute approximate surface area is 145 Å². The average Bonchev–Trinajstić information content (AvgIpc) is 2.54. The molecule has 0 atom stereocenters. The number of hydrogen-bond acceptors (Lipinski definition) is 2. The van der Waals surface area contributed by atoms with Crippen molar-refractivity contribution in [2.45, 2.75) is 13.0 Å². The first-order chi connectivity index (χ1) is 11.1. The molecule has 0 spiro atoms. The first-order valence-corrected chi connectivity index (χ1v) is 8.45. The lowest BCUT2D eigenvalue weighted by Gasteiger charge is -2.26. The van der Waals surface area contributed by atoms with Gasteiger partial charge in [-0.25, -0.2) is 0 Å². The van der Waals surface area contributed by atoms with Crippen molar-refractivity contribution in [3.8, 4) is 0 Å². The number of nitrogens with zero attached hydrogens (tertiary/aromatic N) is 1. The van der Waals surface area contributed by atoms with Crippen LogP contribution < -0.4 is 5.32 Å². The number of amides is 1. The number of carbonyl (C=O) groups excluding carboxylic acids is 1. The molecule has 0 unspecified atom stereocenters. The summed E-state index contributed by atoms with van der Waals surface area (Å²) >= 11 is 3.48. The van der Waals surface area contributed by atoms with Crippen LogP contribution in [0.4, 0.5) is 5.69 Å². The largest absolute Gasteiger partial charge is 0.322 e. The maximum atomic E-state index is 12.2. The van der Waals surface area contributed by atoms with Crippen LogP contribution in [-0.2, 0) is 17.8 Å². The van der Waals surface area contributed by atoms with Gasteiger partial charge in [0.25, 0.3) is 0 Å². The number of benzene rings is 2. The monoisotopic (exact) mass is 370 g/mol. The average molecular weight is 371 g/mol. The van der Waals surface area contributed by atoms with Crippen molar-refractivity contribution in [3.05, 3.63) is 69.7 Å². The van der Waals surface area contributed by atoms with Crippen LogP contribution in [0, 0.1) is 0 Å². The molecule has 3 nitrogen and oxygen atoms in total. The second-order valence-electron chi connectivity index (χ2n) is 5.78. The van der Waals surface area contributed by atoms with E-state index >= 15 is 0 Å². The third-order valence-corrected chi connectivity index (χ3v) is 4.76. The second-order valence-corrected chi connectivity index (χ2v) is 6.63. The molecule has 0 saturated carbocycles. The van der Waals surface area contributed by atoms with Crippen LogP contribution in [0.5, 0.6) is 0 Å². The molecule has 1 heterocycles. The first-order valence-electron chi connectivity index (χ1n) is 7.66. The molecule has 0 fully saturated rings. The van der Waals surface area contributed by atoms with E-state index in [1.807, 2.05) is 42.5 Å². The maximum absolute atomic E-state index is 12.2. The van der Waals surface area contributed by atoms with E-state index in [-0.39, 0.29) is 5.91 Å². The summed E-state index contributed by atoms with van der Waals surface area (Å²) in [6, 6.07) is 14.0. The number of halogens is 1. The van der Waals surface area contributed by atoms with Gasteiger partial charge in [0.15, 0.2) is 0 Å². The zero-order chi connectivity index (χ0) is 16.2. The molecule has 4 heteroatoms. The van der Waals surface area contributed by atoms with Crippen LogP contribution in [-0.4, -0.2) is 24.4 Å². The number of hydrogen-bond donors (Lipinski definition) is 1. The van der Waals surface area contributed by atoms with Crippen molar-refractivity contribution in [2.75, 3.05) is 18.9 Å². The Balaban J connectivity index is 1.74. The van der Waals surface area contributed by atoms with Crippen molar-refractivity contribution in [3.63, 3.8) is 0 Å². The Morgan fingerprint density at radius 1 is 1.22 bits per heavy atom. The Hall–Kier alpha value is -1.91. The van der Waals surface area contributed by atoms with Gasteiger partial charge in [0.2, 0.25) is 5.91 Å². The zero-order valence-corrected chi connectivity index (χ0v) is 14.6. The van der Waals surface area contributed by atoms with E-state index in [0.717, 1.165) is 35.2 Å². The second kappa shape index (κ2) is 7.11. The summed E-state index contributed by atoms with van der Waals surface area (Å²) < 4.78 is 0.976. The molecule has 0 aliphatic carbocycles. The van der Waals surface area contributed by atoms with Gasteiger partial charge in [-0.15, -0.1) is 0 Å². The number of anilines is 1. The van der Waals surface area contributed by atoms with Gasteiger partial charge in [0.1, 0.15) is 0 Å². The van der Waals surface area contributed by atoms with E-state index < -0.39 is 0 Å². The van der Waals surface area contributed by atoms with Crippen LogP contribution in [0.15, 0.2) is 53.0 Å². The normalized spacial score (nSPS) is 14.7. The highest BCUT2D eigenvalue weighted by atomic mass is 79.9. The number of likely N-dealkylation sites (N-methyl/N-ethyl adjacent to an activating group) is 1. The summed E-state index contributed by atoms with van der Waals surface area (Å²) in [5, 5.41) is 3.02. The van der Waals surface area contributed by atoms with E-state index in [0.29, 0.717) is 0 Å². The molecule has 0 radical (unpaired) electrons. The zero-order valence-electron chi connectivity index (χ0n) is 13.1. The summed E-state index contributed by atoms with van der Waals surface area (Å²) in [4.78, 5) is 14.5. The standard InChI is InChI=1S/C19H19BrN2O/c1-22-12-11-16-15(13-22)6-4-8-18(16)21-19(23)10-9-14-5-2-3-7-17(14)20/h2-10H,11-13H2,1H3,(H,21,23)/b10-9+. The van der Waals surface area contributed by atoms with E-state index in [1.54, 1.807) is 6.08 Å². The summed E-state index contributed by atoms with van der Waals surface area (Å²) in [6.07, 6.45) is 4.37. The van der Waals surface area contributed by atoms with Crippen molar-refractivity contribution < 1.29 is 4.79 Å². The third-order valence-electron chi connectivity index (χ3n) is 4.03. The van der Waals surface area contributed by atoms with Crippen LogP contribution in [0.1, 0.15) is 16.7 Å². The maximum Gasteiger partial charge on any atom is 0.248 e. The van der Waals surface area contributed by atoms with Gasteiger partial charge in [0.05, 0.1) is 0 Å². The Kier molecular flexibility index (Phi) is 4.94. The van der Waals surface area contributed by atoms with Crippen molar-refractivity contribution in [1.29, 1.82) is 0 Å². The molecule has 3 rings (SSSR count). The van der Waals surface area contributed by atoms with E-state index in [4.69, 9.17) is 0 Å². The lowest BCUT2D eigenvalue weighted by molar-refractivity contribution is -0.111. The highest BCUT2D eigenvalue weighted by molar-refractivity contribution is 9.10. The van der Waals surface area contributed by atoms with E-state index in [9.17, 15) is 4.79 Å². The molecule has 2 aromatic carbocycles. The van der Waals surface area contributed by atoms with Crippen LogP contribution in [0.25, 0.3) is 6.08 Å². The van der Waals surface area contributed by atoms with Crippen LogP contribution >= 0.6 is 15.9 Å². The van der Waals surface area contributed by atoms with Gasteiger partial charge in [-0.2, -0.15) is 0 Å². The predicted octanol–water partition coefficient (Wildman–Crippen LogP) is 4.09. The summed E-state index contributed by atoms with van der Waals surface area (Å²) in [5.74, 6) is -0.104. The summed E-state index contributed by atoms with van der Waals surface area (Å²) in [7, 11) is 2.12. The van der Waals surface area contributed by atoms with Crippen molar-refractivity contribution in [2.24, 2.45) is 0 Å². The van der Waals surface area contributed by atoms with Gasteiger partial charge in [-0.1, -0.05) is 46.3 Å². The van der Waals surface area contributed by atoms with Gasteiger partial charge in [-0.05, 0) is 48.4 Å². The first kappa shape index (κ1) is 16.0. The van der Waals surface area contributed by atoms with Gasteiger partial charge in [-0.3, -0.25) is 4.79 Å². The minimum Gasteiger partial charge on any atom is -0.322 e. The van der Waals surface area contributed by atoms with Crippen LogP contribution in [0.3, 0.4) is 0 Å². The topological polar surface area (TPSA) is 32.3 Å². The molecule has 23 heavy (non-hydrogen) atoms. The Morgan fingerprint density at radius 3 is 2.87 bits per heavy atom. The predicted molar refractivity (Wildman–Crippen MR) is 98.3 cm³/mol. The lowest BCUT2D eigenvalue weighted by Crippen LogP contribution is -2.27. The minimum atomic E-state index is -0.104. The van der Waals surface area contributed by atoms with Gasteiger partial charge in [0, 0.05) is 29.3 Å². The van der Waals surface area contributed by atoms with E-state index in [1.165, 1.54) is 11.1 Å². The molecule has 1 amide bonds. The molecule has 2 aromatic rings. The Bertz CT molecular complexity index is 755. The molecule has 1 N–H and O–H groups in total. The fourth-order valence-corrected chi connectivity index (χ4v) is 3.23. The summed E-state index contributed by atoms with van der Waals surface area (Å²) in [6.45, 7) is 1.96. The SMILES string of the molecule is CN1CCc2c(cccc2NC(=O)/C=C/c2ccccc2Br)C1. The molecule has 118 valence electrons. The number of carbonyl (C=O) groups is 1. The number of nitrogens with one attached hydrogen (secondary N) is 1. The fourth-order valence-electron chi connectivity index (χ4n) is 2.82. The lowest BCUT2D eigenvalue weighted by atomic mass is 9.98. The van der Waals surface area contributed by atoms with E-state index in [2.05, 4.69) is 39.3 Å². The number of fused-ring (bicyclic) bond motifs is 1. The van der Waals surface area contributed by atoms with Crippen molar-refractivity contribution >= 4 is 33.6 Å². The smallest absolute Gasteiger partial charge is 0.248 e. The Morgan fingerprint density at radius 2 is 2.04 bits per heavy atom. The molecular weight excluding hydrogens is 352 g/mol. The molecular formula is C19H19BrN2O. The fraction of sp³-hybridized carbons (Fsp3) is 0.211. The molecule has 0 aromatic heterocycles. The third kappa shape index (κ3) is 3.89. The number of rotatable bonds is 3. The molecule has 0 saturated heterocycles. The van der Waals surface area contributed by atoms with Gasteiger partial charge >= 0.3 is 0 Å². The van der Waals surface area contributed by atoms with Crippen molar-refractivity contribution in [1.82, 2.24) is 4.90 Å².